The molecule has 0 bridgehead atoms. The quantitative estimate of drug-likeness (QED) is 0.224. The van der Waals surface area contributed by atoms with Crippen LogP contribution in [0.4, 0.5) is 17.3 Å². The van der Waals surface area contributed by atoms with Crippen LogP contribution in [0.15, 0.2) is 122 Å². The number of nitrogens with zero attached hydrogens (tertiary/aromatic N) is 4. The predicted molar refractivity (Wildman–Crippen MR) is 167 cm³/mol. The van der Waals surface area contributed by atoms with Crippen LogP contribution in [0.2, 0.25) is 0 Å². The molecule has 0 amide bonds. The van der Waals surface area contributed by atoms with E-state index < -0.39 is 0 Å². The molecule has 9 rings (SSSR count). The largest absolute Gasteiger partial charge is 0.278 e. The fraction of sp³-hybridized carbons (Fsp3) is 0. The summed E-state index contributed by atoms with van der Waals surface area (Å²) in [6.45, 7) is 0. The fourth-order valence-corrected chi connectivity index (χ4v) is 7.24. The van der Waals surface area contributed by atoms with E-state index in [4.69, 9.17) is 9.97 Å². The summed E-state index contributed by atoms with van der Waals surface area (Å²) in [6.07, 6.45) is 3.66. The second-order valence-corrected chi connectivity index (χ2v) is 11.2. The molecule has 3 aromatic heterocycles. The van der Waals surface area contributed by atoms with Crippen LogP contribution in [-0.4, -0.2) is 15.0 Å². The average molecular weight is 529 g/mol. The predicted octanol–water partition coefficient (Wildman–Crippen LogP) is 9.66. The van der Waals surface area contributed by atoms with Crippen molar-refractivity contribution in [2.45, 2.75) is 0 Å². The SMILES string of the molecule is c1ccc2cc3c(cc2c1)-c1cccc2cccc(c12)N3c1nc(-c2ccncc2)c2sc3ccccc3c2n1. The van der Waals surface area contributed by atoms with Crippen molar-refractivity contribution in [3.63, 3.8) is 0 Å². The standard InChI is InChI=1S/C35H20N4S/c1-2-8-24-20-29-27(19-23(24)7-1)25-12-5-9-21-10-6-13-28(31(21)25)39(29)35-37-32(22-15-17-36-18-16-22)34-33(38-35)26-11-3-4-14-30(26)40-34/h1-20H. The molecule has 0 unspecified atom stereocenters. The lowest BCUT2D eigenvalue weighted by atomic mass is 9.90. The number of hydrogen-bond acceptors (Lipinski definition) is 5. The van der Waals surface area contributed by atoms with Gasteiger partial charge < -0.3 is 0 Å². The third-order valence-corrected chi connectivity index (χ3v) is 9.05. The van der Waals surface area contributed by atoms with Crippen molar-refractivity contribution in [1.82, 2.24) is 15.0 Å². The van der Waals surface area contributed by atoms with Gasteiger partial charge in [-0.15, -0.1) is 11.3 Å². The Labute approximate surface area is 233 Å². The molecule has 4 nitrogen and oxygen atoms in total. The highest BCUT2D eigenvalue weighted by Crippen LogP contribution is 2.52. The van der Waals surface area contributed by atoms with Gasteiger partial charge in [0.15, 0.2) is 0 Å². The summed E-state index contributed by atoms with van der Waals surface area (Å²) in [5.74, 6) is 0.668. The van der Waals surface area contributed by atoms with E-state index in [2.05, 4.69) is 107 Å². The van der Waals surface area contributed by atoms with Crippen molar-refractivity contribution < 1.29 is 0 Å². The highest BCUT2D eigenvalue weighted by atomic mass is 32.1. The molecule has 0 spiro atoms. The van der Waals surface area contributed by atoms with E-state index in [1.807, 2.05) is 24.5 Å². The van der Waals surface area contributed by atoms with Gasteiger partial charge >= 0.3 is 0 Å². The lowest BCUT2D eigenvalue weighted by molar-refractivity contribution is 1.12. The van der Waals surface area contributed by atoms with Gasteiger partial charge in [0, 0.05) is 39.0 Å². The molecule has 0 saturated carbocycles. The van der Waals surface area contributed by atoms with Gasteiger partial charge in [-0.3, -0.25) is 9.88 Å². The molecule has 0 saturated heterocycles. The van der Waals surface area contributed by atoms with Gasteiger partial charge in [0.2, 0.25) is 5.95 Å². The minimum Gasteiger partial charge on any atom is -0.278 e. The highest BCUT2D eigenvalue weighted by molar-refractivity contribution is 7.26. The first kappa shape index (κ1) is 21.8. The summed E-state index contributed by atoms with van der Waals surface area (Å²) in [4.78, 5) is 17.2. The maximum absolute atomic E-state index is 5.33. The Bertz CT molecular complexity index is 2280. The van der Waals surface area contributed by atoms with Crippen LogP contribution >= 0.6 is 11.3 Å². The van der Waals surface area contributed by atoms with Crippen molar-refractivity contribution in [1.29, 1.82) is 0 Å². The maximum atomic E-state index is 5.33. The van der Waals surface area contributed by atoms with Crippen LogP contribution in [0.3, 0.4) is 0 Å². The third-order valence-electron chi connectivity index (χ3n) is 7.88. The van der Waals surface area contributed by atoms with E-state index in [9.17, 15) is 0 Å². The zero-order chi connectivity index (χ0) is 26.2. The second kappa shape index (κ2) is 8.18. The number of hydrogen-bond donors (Lipinski definition) is 0. The molecule has 0 aliphatic carbocycles. The fourth-order valence-electron chi connectivity index (χ4n) is 6.09. The Kier molecular flexibility index (Phi) is 4.45. The molecule has 0 radical (unpaired) electrons. The van der Waals surface area contributed by atoms with Crippen molar-refractivity contribution in [2.75, 3.05) is 4.90 Å². The van der Waals surface area contributed by atoms with Crippen LogP contribution in [0.5, 0.6) is 0 Å². The van der Waals surface area contributed by atoms with E-state index in [0.29, 0.717) is 5.95 Å². The molecule has 1 aliphatic rings. The van der Waals surface area contributed by atoms with Crippen LogP contribution in [-0.2, 0) is 0 Å². The summed E-state index contributed by atoms with van der Waals surface area (Å²) < 4.78 is 2.29. The lowest BCUT2D eigenvalue weighted by Gasteiger charge is -2.32. The summed E-state index contributed by atoms with van der Waals surface area (Å²) >= 11 is 1.74. The molecule has 0 fully saturated rings. The zero-order valence-electron chi connectivity index (χ0n) is 21.2. The van der Waals surface area contributed by atoms with Gasteiger partial charge in [-0.2, -0.15) is 0 Å². The highest BCUT2D eigenvalue weighted by Gasteiger charge is 2.29. The summed E-state index contributed by atoms with van der Waals surface area (Å²) in [6, 6.07) is 38.8. The molecular formula is C35H20N4S. The van der Waals surface area contributed by atoms with Crippen molar-refractivity contribution >= 4 is 70.5 Å². The van der Waals surface area contributed by atoms with Crippen LogP contribution < -0.4 is 4.90 Å². The van der Waals surface area contributed by atoms with Crippen LogP contribution in [0.25, 0.3) is 64.2 Å². The maximum Gasteiger partial charge on any atom is 0.235 e. The van der Waals surface area contributed by atoms with Crippen LogP contribution in [0.1, 0.15) is 0 Å². The topological polar surface area (TPSA) is 41.9 Å². The minimum atomic E-state index is 0.668. The summed E-state index contributed by atoms with van der Waals surface area (Å²) in [5.41, 5.74) is 7.54. The van der Waals surface area contributed by atoms with Crippen LogP contribution in [0, 0.1) is 0 Å². The van der Waals surface area contributed by atoms with E-state index in [0.717, 1.165) is 38.2 Å². The van der Waals surface area contributed by atoms with E-state index in [1.54, 1.807) is 11.3 Å². The first-order chi connectivity index (χ1) is 19.8. The molecule has 5 heteroatoms. The molecule has 1 aliphatic heterocycles. The third kappa shape index (κ3) is 3.04. The number of benzene rings is 5. The van der Waals surface area contributed by atoms with E-state index in [1.165, 1.54) is 37.4 Å². The molecular weight excluding hydrogens is 508 g/mol. The first-order valence-electron chi connectivity index (χ1n) is 13.3. The monoisotopic (exact) mass is 528 g/mol. The molecule has 5 aromatic carbocycles. The molecule has 40 heavy (non-hydrogen) atoms. The Morgan fingerprint density at radius 3 is 2.23 bits per heavy atom. The number of aromatic nitrogens is 3. The Balaban J connectivity index is 1.43. The summed E-state index contributed by atoms with van der Waals surface area (Å²) in [7, 11) is 0. The second-order valence-electron chi connectivity index (χ2n) is 10.1. The van der Waals surface area contributed by atoms with Crippen molar-refractivity contribution in [3.05, 3.63) is 122 Å². The number of fused-ring (bicyclic) bond motifs is 6. The number of anilines is 3. The Hall–Kier alpha value is -5.13. The first-order valence-corrected chi connectivity index (χ1v) is 14.1. The molecule has 8 aromatic rings. The number of thiophene rings is 1. The number of pyridine rings is 1. The van der Waals surface area contributed by atoms with Gasteiger partial charge in [0.05, 0.1) is 27.3 Å². The van der Waals surface area contributed by atoms with Gasteiger partial charge in [-0.05, 0) is 58.1 Å². The molecule has 0 N–H and O–H groups in total. The zero-order valence-corrected chi connectivity index (χ0v) is 22.1. The summed E-state index contributed by atoms with van der Waals surface area (Å²) in [5, 5.41) is 5.98. The van der Waals surface area contributed by atoms with Gasteiger partial charge in [-0.1, -0.05) is 72.8 Å². The van der Waals surface area contributed by atoms with Gasteiger partial charge in [0.1, 0.15) is 0 Å². The van der Waals surface area contributed by atoms with E-state index in [-0.39, 0.29) is 0 Å². The average Bonchev–Trinajstić information content (AvgIpc) is 3.39. The van der Waals surface area contributed by atoms with Crippen molar-refractivity contribution in [3.8, 4) is 22.4 Å². The van der Waals surface area contributed by atoms with Gasteiger partial charge in [-0.25, -0.2) is 9.97 Å². The smallest absolute Gasteiger partial charge is 0.235 e. The number of rotatable bonds is 2. The molecule has 4 heterocycles. The van der Waals surface area contributed by atoms with Crippen molar-refractivity contribution in [2.24, 2.45) is 0 Å². The normalized spacial score (nSPS) is 12.4. The lowest BCUT2D eigenvalue weighted by Crippen LogP contribution is -2.18. The Morgan fingerprint density at radius 1 is 0.600 bits per heavy atom. The van der Waals surface area contributed by atoms with Gasteiger partial charge in [0.25, 0.3) is 0 Å². The molecule has 186 valence electrons. The molecule has 0 atom stereocenters. The Morgan fingerprint density at radius 2 is 1.35 bits per heavy atom. The minimum absolute atomic E-state index is 0.668. The van der Waals surface area contributed by atoms with E-state index >= 15 is 0 Å².